The van der Waals surface area contributed by atoms with Crippen LogP contribution in [0.1, 0.15) is 10.4 Å². The number of carbonyl (C=O) groups excluding carboxylic acids is 2. The number of methoxy groups -OCH3 is 1. The summed E-state index contributed by atoms with van der Waals surface area (Å²) >= 11 is 0. The number of anilines is 2. The average molecular weight is 368 g/mol. The number of nitrogens with one attached hydrogen (secondary N) is 1. The zero-order valence-corrected chi connectivity index (χ0v) is 15.4. The fourth-order valence-corrected chi connectivity index (χ4v) is 3.09. The van der Waals surface area contributed by atoms with E-state index in [0.29, 0.717) is 17.8 Å². The number of piperazine rings is 1. The Morgan fingerprint density at radius 2 is 1.78 bits per heavy atom. The lowest BCUT2D eigenvalue weighted by molar-refractivity contribution is -0.117. The molecule has 7 nitrogen and oxygen atoms in total. The molecule has 1 saturated heterocycles. The SMILES string of the molecule is COc1cccc(N2CCN(CC(=O)Nc3ccc(C(N)=O)cc3)CC2)c1. The summed E-state index contributed by atoms with van der Waals surface area (Å²) in [5.41, 5.74) is 7.42. The Labute approximate surface area is 158 Å². The summed E-state index contributed by atoms with van der Waals surface area (Å²) in [5, 5.41) is 2.85. The molecule has 3 N–H and O–H groups in total. The minimum atomic E-state index is -0.484. The van der Waals surface area contributed by atoms with Crippen molar-refractivity contribution in [3.8, 4) is 5.75 Å². The second-order valence-electron chi connectivity index (χ2n) is 6.45. The molecule has 1 aliphatic heterocycles. The van der Waals surface area contributed by atoms with E-state index >= 15 is 0 Å². The Kier molecular flexibility index (Phi) is 5.93. The van der Waals surface area contributed by atoms with E-state index in [9.17, 15) is 9.59 Å². The molecule has 2 amide bonds. The summed E-state index contributed by atoms with van der Waals surface area (Å²) in [6.07, 6.45) is 0. The topological polar surface area (TPSA) is 87.9 Å². The molecule has 0 aromatic heterocycles. The van der Waals surface area contributed by atoms with Gasteiger partial charge < -0.3 is 20.7 Å². The minimum absolute atomic E-state index is 0.0725. The minimum Gasteiger partial charge on any atom is -0.497 e. The fraction of sp³-hybridized carbons (Fsp3) is 0.300. The van der Waals surface area contributed by atoms with Gasteiger partial charge in [-0.2, -0.15) is 0 Å². The smallest absolute Gasteiger partial charge is 0.248 e. The predicted molar refractivity (Wildman–Crippen MR) is 105 cm³/mol. The summed E-state index contributed by atoms with van der Waals surface area (Å²) in [6, 6.07) is 14.6. The molecule has 3 rings (SSSR count). The second-order valence-corrected chi connectivity index (χ2v) is 6.45. The monoisotopic (exact) mass is 368 g/mol. The van der Waals surface area contributed by atoms with Crippen LogP contribution >= 0.6 is 0 Å². The third kappa shape index (κ3) is 4.98. The molecule has 0 bridgehead atoms. The molecule has 142 valence electrons. The van der Waals surface area contributed by atoms with Crippen LogP contribution in [0.3, 0.4) is 0 Å². The van der Waals surface area contributed by atoms with E-state index in [1.807, 2.05) is 18.2 Å². The average Bonchev–Trinajstić information content (AvgIpc) is 2.69. The summed E-state index contributed by atoms with van der Waals surface area (Å²) < 4.78 is 5.28. The molecule has 0 aliphatic carbocycles. The Bertz CT molecular complexity index is 799. The van der Waals surface area contributed by atoms with Crippen LogP contribution in [0, 0.1) is 0 Å². The van der Waals surface area contributed by atoms with E-state index in [2.05, 4.69) is 21.2 Å². The molecule has 0 atom stereocenters. The maximum Gasteiger partial charge on any atom is 0.248 e. The first-order chi connectivity index (χ1) is 13.0. The molecule has 27 heavy (non-hydrogen) atoms. The Morgan fingerprint density at radius 1 is 1.07 bits per heavy atom. The van der Waals surface area contributed by atoms with Crippen LogP contribution in [0.4, 0.5) is 11.4 Å². The van der Waals surface area contributed by atoms with Crippen LogP contribution in [0.5, 0.6) is 5.75 Å². The van der Waals surface area contributed by atoms with Gasteiger partial charge in [0.15, 0.2) is 0 Å². The number of amides is 2. The second kappa shape index (κ2) is 8.55. The van der Waals surface area contributed by atoms with E-state index in [4.69, 9.17) is 10.5 Å². The van der Waals surface area contributed by atoms with Crippen LogP contribution in [0.2, 0.25) is 0 Å². The van der Waals surface area contributed by atoms with Crippen molar-refractivity contribution in [2.75, 3.05) is 50.1 Å². The van der Waals surface area contributed by atoms with Crippen LogP contribution in [0.25, 0.3) is 0 Å². The van der Waals surface area contributed by atoms with Gasteiger partial charge in [0.1, 0.15) is 5.75 Å². The molecule has 2 aromatic carbocycles. The Balaban J connectivity index is 1.48. The van der Waals surface area contributed by atoms with Crippen LogP contribution in [-0.2, 0) is 4.79 Å². The number of hydrogen-bond donors (Lipinski definition) is 2. The van der Waals surface area contributed by atoms with E-state index in [0.717, 1.165) is 37.6 Å². The number of carbonyl (C=O) groups is 2. The molecule has 0 saturated carbocycles. The predicted octanol–water partition coefficient (Wildman–Crippen LogP) is 1.55. The number of benzene rings is 2. The molecule has 1 aliphatic rings. The highest BCUT2D eigenvalue weighted by Gasteiger charge is 2.19. The van der Waals surface area contributed by atoms with Gasteiger partial charge in [-0.25, -0.2) is 0 Å². The van der Waals surface area contributed by atoms with Gasteiger partial charge in [0.2, 0.25) is 11.8 Å². The van der Waals surface area contributed by atoms with Crippen molar-refractivity contribution < 1.29 is 14.3 Å². The summed E-state index contributed by atoms with van der Waals surface area (Å²) in [7, 11) is 1.66. The normalized spacial score (nSPS) is 14.6. The first-order valence-corrected chi connectivity index (χ1v) is 8.86. The van der Waals surface area contributed by atoms with Crippen molar-refractivity contribution >= 4 is 23.2 Å². The molecule has 0 unspecified atom stereocenters. The molecule has 1 heterocycles. The number of ether oxygens (including phenoxy) is 1. The lowest BCUT2D eigenvalue weighted by Crippen LogP contribution is -2.48. The molecular formula is C20H24N4O3. The molecular weight excluding hydrogens is 344 g/mol. The summed E-state index contributed by atoms with van der Waals surface area (Å²) in [5.74, 6) is 0.287. The van der Waals surface area contributed by atoms with Crippen LogP contribution < -0.4 is 20.7 Å². The highest BCUT2D eigenvalue weighted by atomic mass is 16.5. The Hall–Kier alpha value is -3.06. The van der Waals surface area contributed by atoms with Gasteiger partial charge >= 0.3 is 0 Å². The molecule has 1 fully saturated rings. The van der Waals surface area contributed by atoms with Gasteiger partial charge in [-0.05, 0) is 36.4 Å². The fourth-order valence-electron chi connectivity index (χ4n) is 3.09. The van der Waals surface area contributed by atoms with Crippen molar-refractivity contribution in [3.63, 3.8) is 0 Å². The largest absolute Gasteiger partial charge is 0.497 e. The summed E-state index contributed by atoms with van der Waals surface area (Å²) in [4.78, 5) is 27.8. The standard InChI is InChI=1S/C20H24N4O3/c1-27-18-4-2-3-17(13-18)24-11-9-23(10-12-24)14-19(25)22-16-7-5-15(6-8-16)20(21)26/h2-8,13H,9-12,14H2,1H3,(H2,21,26)(H,22,25). The number of rotatable bonds is 6. The van der Waals surface area contributed by atoms with Gasteiger partial charge in [-0.15, -0.1) is 0 Å². The molecule has 2 aromatic rings. The lowest BCUT2D eigenvalue weighted by atomic mass is 10.2. The first kappa shape index (κ1) is 18.7. The van der Waals surface area contributed by atoms with E-state index in [1.54, 1.807) is 31.4 Å². The third-order valence-electron chi connectivity index (χ3n) is 4.61. The quantitative estimate of drug-likeness (QED) is 0.808. The van der Waals surface area contributed by atoms with E-state index in [-0.39, 0.29) is 5.91 Å². The maximum atomic E-state index is 12.3. The lowest BCUT2D eigenvalue weighted by Gasteiger charge is -2.35. The number of primary amides is 1. The van der Waals surface area contributed by atoms with Gasteiger partial charge in [-0.1, -0.05) is 6.07 Å². The van der Waals surface area contributed by atoms with Crippen LogP contribution in [0.15, 0.2) is 48.5 Å². The zero-order valence-electron chi connectivity index (χ0n) is 15.4. The van der Waals surface area contributed by atoms with Gasteiger partial charge in [0.25, 0.3) is 0 Å². The van der Waals surface area contributed by atoms with Crippen molar-refractivity contribution in [2.24, 2.45) is 5.73 Å². The highest BCUT2D eigenvalue weighted by molar-refractivity contribution is 5.95. The van der Waals surface area contributed by atoms with E-state index < -0.39 is 5.91 Å². The number of nitrogens with zero attached hydrogens (tertiary/aromatic N) is 2. The van der Waals surface area contributed by atoms with Crippen LogP contribution in [-0.4, -0.2) is 56.5 Å². The van der Waals surface area contributed by atoms with Gasteiger partial charge in [-0.3, -0.25) is 14.5 Å². The van der Waals surface area contributed by atoms with Gasteiger partial charge in [0.05, 0.1) is 13.7 Å². The maximum absolute atomic E-state index is 12.3. The first-order valence-electron chi connectivity index (χ1n) is 8.86. The molecule has 0 radical (unpaired) electrons. The molecule has 7 heteroatoms. The zero-order chi connectivity index (χ0) is 19.2. The van der Waals surface area contributed by atoms with Crippen molar-refractivity contribution in [3.05, 3.63) is 54.1 Å². The van der Waals surface area contributed by atoms with E-state index in [1.165, 1.54) is 0 Å². The van der Waals surface area contributed by atoms with Crippen molar-refractivity contribution in [1.82, 2.24) is 4.90 Å². The molecule has 0 spiro atoms. The van der Waals surface area contributed by atoms with Gasteiger partial charge in [0, 0.05) is 49.2 Å². The highest BCUT2D eigenvalue weighted by Crippen LogP contribution is 2.22. The number of hydrogen-bond acceptors (Lipinski definition) is 5. The van der Waals surface area contributed by atoms with Crippen molar-refractivity contribution in [2.45, 2.75) is 0 Å². The Morgan fingerprint density at radius 3 is 2.41 bits per heavy atom. The summed E-state index contributed by atoms with van der Waals surface area (Å²) in [6.45, 7) is 3.67. The third-order valence-corrected chi connectivity index (χ3v) is 4.61. The number of nitrogens with two attached hydrogens (primary N) is 1. The van der Waals surface area contributed by atoms with Crippen molar-refractivity contribution in [1.29, 1.82) is 0 Å².